The summed E-state index contributed by atoms with van der Waals surface area (Å²) in [6, 6.07) is 0. The van der Waals surface area contributed by atoms with Crippen LogP contribution in [0.3, 0.4) is 0 Å². The summed E-state index contributed by atoms with van der Waals surface area (Å²) in [5, 5.41) is 2.56. The van der Waals surface area contributed by atoms with E-state index < -0.39 is 0 Å². The zero-order valence-corrected chi connectivity index (χ0v) is 8.27. The molecule has 0 unspecified atom stereocenters. The van der Waals surface area contributed by atoms with E-state index in [1.165, 1.54) is 13.0 Å². The van der Waals surface area contributed by atoms with Gasteiger partial charge in [0.05, 0.1) is 6.54 Å². The summed E-state index contributed by atoms with van der Waals surface area (Å²) in [5.74, 6) is -0.409. The number of hydrogen-bond donors (Lipinski definition) is 1. The molecule has 0 bridgehead atoms. The SMILES string of the molecule is CC(=O)NC1=CC(=O)C(=S)N(C)C1. The Kier molecular flexibility index (Phi) is 2.77. The lowest BCUT2D eigenvalue weighted by Gasteiger charge is -2.24. The fourth-order valence-electron chi connectivity index (χ4n) is 1.08. The van der Waals surface area contributed by atoms with Crippen molar-refractivity contribution in [3.05, 3.63) is 11.8 Å². The zero-order valence-electron chi connectivity index (χ0n) is 7.46. The van der Waals surface area contributed by atoms with Gasteiger partial charge in [-0.3, -0.25) is 9.59 Å². The first-order valence-electron chi connectivity index (χ1n) is 3.78. The van der Waals surface area contributed by atoms with Crippen molar-refractivity contribution in [2.24, 2.45) is 0 Å². The molecule has 0 spiro atoms. The van der Waals surface area contributed by atoms with Crippen LogP contribution in [-0.4, -0.2) is 35.2 Å². The second kappa shape index (κ2) is 3.66. The number of thiocarbonyl (C=S) groups is 1. The van der Waals surface area contributed by atoms with Crippen LogP contribution < -0.4 is 5.32 Å². The van der Waals surface area contributed by atoms with Crippen LogP contribution in [0.25, 0.3) is 0 Å². The minimum atomic E-state index is -0.229. The molecule has 0 saturated heterocycles. The van der Waals surface area contributed by atoms with Crippen LogP contribution in [0.2, 0.25) is 0 Å². The van der Waals surface area contributed by atoms with Crippen LogP contribution in [-0.2, 0) is 9.59 Å². The summed E-state index contributed by atoms with van der Waals surface area (Å²) in [7, 11) is 1.72. The first-order chi connectivity index (χ1) is 6.00. The van der Waals surface area contributed by atoms with Crippen LogP contribution in [0, 0.1) is 0 Å². The highest BCUT2D eigenvalue weighted by molar-refractivity contribution is 7.82. The van der Waals surface area contributed by atoms with Gasteiger partial charge in [-0.1, -0.05) is 12.2 Å². The lowest BCUT2D eigenvalue weighted by Crippen LogP contribution is -2.40. The van der Waals surface area contributed by atoms with Gasteiger partial charge < -0.3 is 10.2 Å². The van der Waals surface area contributed by atoms with Crippen LogP contribution >= 0.6 is 12.2 Å². The van der Waals surface area contributed by atoms with Crippen molar-refractivity contribution >= 4 is 28.9 Å². The summed E-state index contributed by atoms with van der Waals surface area (Å²) in [4.78, 5) is 23.8. The topological polar surface area (TPSA) is 49.4 Å². The maximum absolute atomic E-state index is 11.2. The van der Waals surface area contributed by atoms with E-state index in [9.17, 15) is 9.59 Å². The maximum atomic E-state index is 11.2. The van der Waals surface area contributed by atoms with E-state index in [1.54, 1.807) is 11.9 Å². The fraction of sp³-hybridized carbons (Fsp3) is 0.375. The molecule has 0 fully saturated rings. The second-order valence-corrected chi connectivity index (χ2v) is 3.26. The van der Waals surface area contributed by atoms with E-state index in [0.717, 1.165) is 0 Å². The highest BCUT2D eigenvalue weighted by Crippen LogP contribution is 2.05. The van der Waals surface area contributed by atoms with E-state index in [2.05, 4.69) is 5.32 Å². The number of nitrogens with one attached hydrogen (secondary N) is 1. The number of nitrogens with zero attached hydrogens (tertiary/aromatic N) is 1. The minimum Gasteiger partial charge on any atom is -0.357 e. The van der Waals surface area contributed by atoms with Gasteiger partial charge in [0.1, 0.15) is 4.99 Å². The van der Waals surface area contributed by atoms with Gasteiger partial charge in [-0.05, 0) is 0 Å². The van der Waals surface area contributed by atoms with Crippen molar-refractivity contribution in [2.75, 3.05) is 13.6 Å². The molecule has 1 amide bonds. The third-order valence-electron chi connectivity index (χ3n) is 1.61. The highest BCUT2D eigenvalue weighted by Gasteiger charge is 2.20. The highest BCUT2D eigenvalue weighted by atomic mass is 32.1. The smallest absolute Gasteiger partial charge is 0.221 e. The normalized spacial score (nSPS) is 17.1. The van der Waals surface area contributed by atoms with Gasteiger partial charge in [0.15, 0.2) is 0 Å². The van der Waals surface area contributed by atoms with Crippen molar-refractivity contribution in [3.63, 3.8) is 0 Å². The lowest BCUT2D eigenvalue weighted by molar-refractivity contribution is -0.118. The lowest BCUT2D eigenvalue weighted by atomic mass is 10.2. The average molecular weight is 198 g/mol. The Morgan fingerprint density at radius 3 is 2.77 bits per heavy atom. The molecule has 0 radical (unpaired) electrons. The van der Waals surface area contributed by atoms with Crippen molar-refractivity contribution in [2.45, 2.75) is 6.92 Å². The predicted molar refractivity (Wildman–Crippen MR) is 52.1 cm³/mol. The molecule has 1 aliphatic rings. The van der Waals surface area contributed by atoms with Gasteiger partial charge in [-0.25, -0.2) is 0 Å². The molecule has 1 N–H and O–H groups in total. The molecular formula is C8H10N2O2S. The van der Waals surface area contributed by atoms with Crippen molar-refractivity contribution in [1.82, 2.24) is 10.2 Å². The molecule has 0 aromatic carbocycles. The predicted octanol–water partition coefficient (Wildman–Crippen LogP) is -0.152. The van der Waals surface area contributed by atoms with E-state index >= 15 is 0 Å². The molecule has 4 nitrogen and oxygen atoms in total. The molecule has 0 aliphatic carbocycles. The van der Waals surface area contributed by atoms with Crippen LogP contribution in [0.5, 0.6) is 0 Å². The molecule has 0 saturated carbocycles. The Balaban J connectivity index is 2.79. The average Bonchev–Trinajstić information content (AvgIpc) is 1.98. The fourth-order valence-corrected chi connectivity index (χ4v) is 1.21. The van der Waals surface area contributed by atoms with Gasteiger partial charge in [-0.2, -0.15) is 0 Å². The molecule has 5 heteroatoms. The minimum absolute atomic E-state index is 0.180. The summed E-state index contributed by atoms with van der Waals surface area (Å²) in [6.07, 6.45) is 1.36. The molecule has 0 atom stereocenters. The van der Waals surface area contributed by atoms with Gasteiger partial charge in [0.25, 0.3) is 0 Å². The van der Waals surface area contributed by atoms with Gasteiger partial charge in [0.2, 0.25) is 11.7 Å². The first-order valence-corrected chi connectivity index (χ1v) is 4.19. The molecule has 1 aliphatic heterocycles. The maximum Gasteiger partial charge on any atom is 0.221 e. The number of ketones is 1. The van der Waals surface area contributed by atoms with Crippen LogP contribution in [0.1, 0.15) is 6.92 Å². The van der Waals surface area contributed by atoms with Crippen LogP contribution in [0.4, 0.5) is 0 Å². The summed E-state index contributed by atoms with van der Waals surface area (Å²) < 4.78 is 0. The summed E-state index contributed by atoms with van der Waals surface area (Å²) >= 11 is 4.84. The Hall–Kier alpha value is -1.23. The number of carbonyl (C=O) groups excluding carboxylic acids is 2. The molecular weight excluding hydrogens is 188 g/mol. The molecule has 13 heavy (non-hydrogen) atoms. The Labute approximate surface area is 81.6 Å². The number of carbonyl (C=O) groups is 2. The van der Waals surface area contributed by atoms with E-state index in [4.69, 9.17) is 12.2 Å². The van der Waals surface area contributed by atoms with Crippen molar-refractivity contribution < 1.29 is 9.59 Å². The first kappa shape index (κ1) is 9.85. The van der Waals surface area contributed by atoms with Gasteiger partial charge in [0, 0.05) is 25.7 Å². The Morgan fingerprint density at radius 1 is 1.69 bits per heavy atom. The molecule has 70 valence electrons. The van der Waals surface area contributed by atoms with Crippen molar-refractivity contribution in [1.29, 1.82) is 0 Å². The Bertz CT molecular complexity index is 309. The molecule has 0 aromatic rings. The van der Waals surface area contributed by atoms with E-state index in [0.29, 0.717) is 12.2 Å². The number of amides is 1. The van der Waals surface area contributed by atoms with E-state index in [-0.39, 0.29) is 16.7 Å². The monoisotopic (exact) mass is 198 g/mol. The zero-order chi connectivity index (χ0) is 10.0. The third kappa shape index (κ3) is 2.35. The number of rotatable bonds is 1. The molecule has 1 heterocycles. The molecule has 1 rings (SSSR count). The van der Waals surface area contributed by atoms with Gasteiger partial charge in [-0.15, -0.1) is 0 Å². The van der Waals surface area contributed by atoms with Crippen LogP contribution in [0.15, 0.2) is 11.8 Å². The molecule has 0 aromatic heterocycles. The third-order valence-corrected chi connectivity index (χ3v) is 2.12. The second-order valence-electron chi connectivity index (χ2n) is 2.88. The quantitative estimate of drug-likeness (QED) is 0.595. The van der Waals surface area contributed by atoms with E-state index in [1.807, 2.05) is 0 Å². The largest absolute Gasteiger partial charge is 0.357 e. The number of likely N-dealkylation sites (N-methyl/N-ethyl adjacent to an activating group) is 1. The summed E-state index contributed by atoms with van der Waals surface area (Å²) in [5.41, 5.74) is 0.591. The standard InChI is InChI=1S/C8H10N2O2S/c1-5(11)9-6-3-7(12)8(13)10(2)4-6/h3H,4H2,1-2H3,(H,9,11). The van der Waals surface area contributed by atoms with Crippen molar-refractivity contribution in [3.8, 4) is 0 Å². The summed E-state index contributed by atoms with van der Waals surface area (Å²) in [6.45, 7) is 1.88. The van der Waals surface area contributed by atoms with Gasteiger partial charge >= 0.3 is 0 Å². The number of hydrogen-bond acceptors (Lipinski definition) is 3. The Morgan fingerprint density at radius 2 is 2.31 bits per heavy atom.